The van der Waals surface area contributed by atoms with Crippen molar-refractivity contribution >= 4 is 39.0 Å². The number of carbonyl (C=O) groups is 2. The highest BCUT2D eigenvalue weighted by Gasteiger charge is 2.52. The molecule has 3 heterocycles. The van der Waals surface area contributed by atoms with Crippen molar-refractivity contribution in [2.45, 2.75) is 22.7 Å². The smallest absolute Gasteiger partial charge is 0.329 e. The largest absolute Gasteiger partial charge is 0.332 e. The Bertz CT molecular complexity index is 960. The highest BCUT2D eigenvalue weighted by atomic mass is 32.2. The van der Waals surface area contributed by atoms with E-state index in [1.807, 2.05) is 0 Å². The van der Waals surface area contributed by atoms with Crippen LogP contribution in [0.2, 0.25) is 0 Å². The second-order valence-corrected chi connectivity index (χ2v) is 9.05. The molecule has 0 spiro atoms. The Morgan fingerprint density at radius 2 is 1.88 bits per heavy atom. The van der Waals surface area contributed by atoms with Gasteiger partial charge in [-0.25, -0.2) is 22.5 Å². The van der Waals surface area contributed by atoms with E-state index in [1.54, 1.807) is 11.4 Å². The standard InChI is InChI=1S/C16H14FN3O4S2/c17-10-3-5-11(6-4-10)20-15(21)14-12(18-16(20)22)7-8-19(14)26(23,24)13-2-1-9-25-13/h1-6,9,12,14H,7-8H2,(H,18,22)/t12-,14-/m0/s1. The third-order valence-corrected chi connectivity index (χ3v) is 7.73. The number of halogens is 1. The van der Waals surface area contributed by atoms with E-state index in [0.717, 1.165) is 32.7 Å². The highest BCUT2D eigenvalue weighted by molar-refractivity contribution is 7.91. The summed E-state index contributed by atoms with van der Waals surface area (Å²) >= 11 is 1.07. The number of nitrogens with zero attached hydrogens (tertiary/aromatic N) is 2. The Hall–Kier alpha value is -2.30. The lowest BCUT2D eigenvalue weighted by Gasteiger charge is -2.36. The average molecular weight is 395 g/mol. The Kier molecular flexibility index (Phi) is 4.05. The van der Waals surface area contributed by atoms with E-state index in [4.69, 9.17) is 0 Å². The number of urea groups is 1. The van der Waals surface area contributed by atoms with Gasteiger partial charge in [0.15, 0.2) is 0 Å². The van der Waals surface area contributed by atoms with Crippen molar-refractivity contribution in [1.29, 1.82) is 0 Å². The number of carbonyl (C=O) groups excluding carboxylic acids is 2. The highest BCUT2D eigenvalue weighted by Crippen LogP contribution is 2.33. The number of thiophene rings is 1. The molecule has 1 aromatic heterocycles. The first-order valence-corrected chi connectivity index (χ1v) is 10.2. The van der Waals surface area contributed by atoms with E-state index in [-0.39, 0.29) is 16.4 Å². The van der Waals surface area contributed by atoms with Crippen molar-refractivity contribution in [1.82, 2.24) is 9.62 Å². The van der Waals surface area contributed by atoms with Gasteiger partial charge in [-0.15, -0.1) is 11.3 Å². The molecule has 1 aromatic carbocycles. The summed E-state index contributed by atoms with van der Waals surface area (Å²) in [6.07, 6.45) is 0.351. The molecular formula is C16H14FN3O4S2. The number of imide groups is 1. The number of anilines is 1. The number of hydrogen-bond donors (Lipinski definition) is 1. The van der Waals surface area contributed by atoms with Gasteiger partial charge in [0.05, 0.1) is 11.7 Å². The van der Waals surface area contributed by atoms with Crippen molar-refractivity contribution in [3.05, 3.63) is 47.6 Å². The second kappa shape index (κ2) is 6.15. The van der Waals surface area contributed by atoms with Gasteiger partial charge >= 0.3 is 6.03 Å². The van der Waals surface area contributed by atoms with Crippen molar-refractivity contribution in [2.75, 3.05) is 11.4 Å². The normalized spacial score (nSPS) is 23.8. The topological polar surface area (TPSA) is 86.8 Å². The third kappa shape index (κ3) is 2.61. The van der Waals surface area contributed by atoms with Crippen LogP contribution in [0.4, 0.5) is 14.9 Å². The molecule has 2 atom stereocenters. The maximum atomic E-state index is 13.1. The van der Waals surface area contributed by atoms with E-state index in [2.05, 4.69) is 5.32 Å². The molecule has 2 saturated heterocycles. The van der Waals surface area contributed by atoms with E-state index in [1.165, 1.54) is 18.2 Å². The predicted octanol–water partition coefficient (Wildman–Crippen LogP) is 1.78. The van der Waals surface area contributed by atoms with Gasteiger partial charge in [0.1, 0.15) is 16.1 Å². The molecule has 4 rings (SSSR count). The Morgan fingerprint density at radius 1 is 1.15 bits per heavy atom. The second-order valence-electron chi connectivity index (χ2n) is 5.99. The van der Waals surface area contributed by atoms with Crippen LogP contribution in [0.25, 0.3) is 0 Å². The van der Waals surface area contributed by atoms with Crippen LogP contribution in [0, 0.1) is 5.82 Å². The van der Waals surface area contributed by atoms with Crippen molar-refractivity contribution in [3.63, 3.8) is 0 Å². The van der Waals surface area contributed by atoms with Gasteiger partial charge in [-0.3, -0.25) is 4.79 Å². The lowest BCUT2D eigenvalue weighted by Crippen LogP contribution is -2.64. The number of hydrogen-bond acceptors (Lipinski definition) is 5. The summed E-state index contributed by atoms with van der Waals surface area (Å²) in [6, 6.07) is 5.75. The van der Waals surface area contributed by atoms with E-state index < -0.39 is 39.9 Å². The molecule has 2 aliphatic rings. The monoisotopic (exact) mass is 395 g/mol. The van der Waals surface area contributed by atoms with Gasteiger partial charge in [0.2, 0.25) is 0 Å². The molecule has 0 saturated carbocycles. The molecule has 0 bridgehead atoms. The van der Waals surface area contributed by atoms with Crippen molar-refractivity contribution in [3.8, 4) is 0 Å². The molecule has 0 radical (unpaired) electrons. The molecule has 0 aliphatic carbocycles. The summed E-state index contributed by atoms with van der Waals surface area (Å²) in [5.41, 5.74) is 0.188. The zero-order valence-corrected chi connectivity index (χ0v) is 15.0. The number of fused-ring (bicyclic) bond motifs is 1. The van der Waals surface area contributed by atoms with Crippen LogP contribution in [-0.4, -0.2) is 43.3 Å². The molecule has 26 heavy (non-hydrogen) atoms. The van der Waals surface area contributed by atoms with Gasteiger partial charge in [0.25, 0.3) is 15.9 Å². The zero-order valence-electron chi connectivity index (χ0n) is 13.3. The molecule has 3 amide bonds. The van der Waals surface area contributed by atoms with Gasteiger partial charge < -0.3 is 5.32 Å². The minimum absolute atomic E-state index is 0.138. The molecule has 136 valence electrons. The number of nitrogens with one attached hydrogen (secondary N) is 1. The van der Waals surface area contributed by atoms with Gasteiger partial charge in [0, 0.05) is 6.54 Å². The third-order valence-electron chi connectivity index (χ3n) is 4.48. The maximum Gasteiger partial charge on any atom is 0.329 e. The molecule has 2 fully saturated rings. The number of benzene rings is 1. The van der Waals surface area contributed by atoms with Gasteiger partial charge in [-0.05, 0) is 42.1 Å². The van der Waals surface area contributed by atoms with Crippen LogP contribution >= 0.6 is 11.3 Å². The first kappa shape index (κ1) is 17.1. The van der Waals surface area contributed by atoms with E-state index in [0.29, 0.717) is 6.42 Å². The molecule has 10 heteroatoms. The molecule has 2 aliphatic heterocycles. The van der Waals surface area contributed by atoms with Crippen LogP contribution in [0.15, 0.2) is 46.0 Å². The van der Waals surface area contributed by atoms with Crippen LogP contribution < -0.4 is 10.2 Å². The van der Waals surface area contributed by atoms with E-state index in [9.17, 15) is 22.4 Å². The SMILES string of the molecule is O=C1N[C@H]2CCN(S(=O)(=O)c3cccs3)[C@@H]2C(=O)N1c1ccc(F)cc1. The lowest BCUT2D eigenvalue weighted by molar-refractivity contribution is -0.122. The first-order chi connectivity index (χ1) is 12.4. The van der Waals surface area contributed by atoms with Crippen LogP contribution in [-0.2, 0) is 14.8 Å². The fourth-order valence-corrected chi connectivity index (χ4v) is 6.05. The van der Waals surface area contributed by atoms with Crippen molar-refractivity contribution in [2.24, 2.45) is 0 Å². The summed E-state index contributed by atoms with van der Waals surface area (Å²) < 4.78 is 40.2. The molecule has 0 unspecified atom stereocenters. The van der Waals surface area contributed by atoms with Gasteiger partial charge in [-0.2, -0.15) is 4.31 Å². The Morgan fingerprint density at radius 3 is 2.54 bits per heavy atom. The Labute approximate surface area is 153 Å². The zero-order chi connectivity index (χ0) is 18.5. The summed E-state index contributed by atoms with van der Waals surface area (Å²) in [4.78, 5) is 26.2. The first-order valence-electron chi connectivity index (χ1n) is 7.85. The summed E-state index contributed by atoms with van der Waals surface area (Å²) in [7, 11) is -3.84. The summed E-state index contributed by atoms with van der Waals surface area (Å²) in [5, 5.41) is 4.34. The minimum Gasteiger partial charge on any atom is -0.332 e. The fourth-order valence-electron chi connectivity index (χ4n) is 3.30. The number of rotatable bonds is 3. The molecule has 1 N–H and O–H groups in total. The minimum atomic E-state index is -3.84. The average Bonchev–Trinajstić information content (AvgIpc) is 3.26. The predicted molar refractivity (Wildman–Crippen MR) is 92.8 cm³/mol. The van der Waals surface area contributed by atoms with Crippen LogP contribution in [0.1, 0.15) is 6.42 Å². The Balaban J connectivity index is 1.71. The van der Waals surface area contributed by atoms with Crippen molar-refractivity contribution < 1.29 is 22.4 Å². The maximum absolute atomic E-state index is 13.1. The molecule has 7 nitrogen and oxygen atoms in total. The summed E-state index contributed by atoms with van der Waals surface area (Å²) in [6.45, 7) is 0.138. The van der Waals surface area contributed by atoms with Crippen LogP contribution in [0.5, 0.6) is 0 Å². The number of sulfonamides is 1. The molecule has 2 aromatic rings. The quantitative estimate of drug-likeness (QED) is 0.858. The van der Waals surface area contributed by atoms with Gasteiger partial charge in [-0.1, -0.05) is 6.07 Å². The summed E-state index contributed by atoms with van der Waals surface area (Å²) in [5.74, 6) is -1.14. The lowest BCUT2D eigenvalue weighted by atomic mass is 10.1. The van der Waals surface area contributed by atoms with E-state index >= 15 is 0 Å². The number of amides is 3. The molecular weight excluding hydrogens is 381 g/mol. The van der Waals surface area contributed by atoms with Crippen LogP contribution in [0.3, 0.4) is 0 Å². The fraction of sp³-hybridized carbons (Fsp3) is 0.250.